The molecule has 9 nitrogen and oxygen atoms in total. The molecule has 0 amide bonds. The first-order valence-electron chi connectivity index (χ1n) is 6.46. The maximum atomic E-state index is 11.4. The topological polar surface area (TPSA) is 140 Å². The molecular formula is C13H16O9Sn. The van der Waals surface area contributed by atoms with E-state index in [9.17, 15) is 14.4 Å². The summed E-state index contributed by atoms with van der Waals surface area (Å²) in [5, 5.41) is 26.5. The first kappa shape index (κ1) is 19.4. The van der Waals surface area contributed by atoms with Crippen molar-refractivity contribution in [1.82, 2.24) is 0 Å². The van der Waals surface area contributed by atoms with Crippen molar-refractivity contribution >= 4 is 37.5 Å². The van der Waals surface area contributed by atoms with Gasteiger partial charge in [0.25, 0.3) is 0 Å². The van der Waals surface area contributed by atoms with Crippen LogP contribution >= 0.6 is 0 Å². The minimum atomic E-state index is -5.22. The van der Waals surface area contributed by atoms with Gasteiger partial charge in [0, 0.05) is 0 Å². The van der Waals surface area contributed by atoms with Gasteiger partial charge in [-0.15, -0.1) is 0 Å². The molecule has 0 atom stereocenters. The van der Waals surface area contributed by atoms with E-state index in [1.54, 1.807) is 30.3 Å². The van der Waals surface area contributed by atoms with Gasteiger partial charge in [-0.2, -0.15) is 0 Å². The average Bonchev–Trinajstić information content (AvgIpc) is 2.55. The van der Waals surface area contributed by atoms with E-state index in [0.717, 1.165) is 0 Å². The summed E-state index contributed by atoms with van der Waals surface area (Å²) in [6.07, 6.45) is 0. The summed E-state index contributed by atoms with van der Waals surface area (Å²) < 4.78 is 14.7. The Hall–Kier alpha value is -1.69. The van der Waals surface area contributed by atoms with Crippen LogP contribution in [0.25, 0.3) is 0 Å². The van der Waals surface area contributed by atoms with Crippen molar-refractivity contribution in [3.8, 4) is 0 Å². The molecule has 1 aromatic carbocycles. The average molecular weight is 435 g/mol. The van der Waals surface area contributed by atoms with Crippen LogP contribution in [-0.4, -0.2) is 72.7 Å². The Balaban J connectivity index is 3.16. The van der Waals surface area contributed by atoms with E-state index in [2.05, 4.69) is 0 Å². The van der Waals surface area contributed by atoms with Gasteiger partial charge in [-0.25, -0.2) is 0 Å². The van der Waals surface area contributed by atoms with Crippen molar-refractivity contribution < 1.29 is 38.9 Å². The van der Waals surface area contributed by atoms with E-state index in [4.69, 9.17) is 24.5 Å². The molecule has 0 bridgehead atoms. The van der Waals surface area contributed by atoms with Gasteiger partial charge >= 0.3 is 137 Å². The van der Waals surface area contributed by atoms with Gasteiger partial charge in [0.05, 0.1) is 0 Å². The monoisotopic (exact) mass is 436 g/mol. The number of rotatable bonds is 8. The van der Waals surface area contributed by atoms with E-state index >= 15 is 0 Å². The molecule has 0 fully saturated rings. The van der Waals surface area contributed by atoms with Gasteiger partial charge in [0.15, 0.2) is 0 Å². The van der Waals surface area contributed by atoms with Crippen molar-refractivity contribution in [3.05, 3.63) is 35.9 Å². The molecule has 0 aliphatic carbocycles. The number of carbonyl (C=O) groups excluding carboxylic acids is 3. The van der Waals surface area contributed by atoms with Gasteiger partial charge in [0.1, 0.15) is 0 Å². The zero-order valence-electron chi connectivity index (χ0n) is 12.0. The number of aliphatic hydroxyl groups is 3. The maximum absolute atomic E-state index is 11.4. The Labute approximate surface area is 136 Å². The Morgan fingerprint density at radius 3 is 1.52 bits per heavy atom. The van der Waals surface area contributed by atoms with Crippen LogP contribution in [0.2, 0.25) is 0 Å². The Morgan fingerprint density at radius 1 is 0.783 bits per heavy atom. The molecule has 0 saturated carbocycles. The molecular weight excluding hydrogens is 419 g/mol. The second kappa shape index (κ2) is 9.45. The molecule has 0 spiro atoms. The summed E-state index contributed by atoms with van der Waals surface area (Å²) >= 11 is -5.22. The molecule has 126 valence electrons. The molecule has 0 saturated heterocycles. The minimum absolute atomic E-state index is 0.196. The Bertz CT molecular complexity index is 500. The SMILES string of the molecule is O=C(CO)[O][Sn]([CH2]c1ccccc1)([O]C(=O)CO)[O]C(=O)CO. The fraction of sp³-hybridized carbons (Fsp3) is 0.308. The molecule has 0 unspecified atom stereocenters. The Kier molecular flexibility index (Phi) is 7.95. The molecule has 0 radical (unpaired) electrons. The van der Waals surface area contributed by atoms with E-state index in [-0.39, 0.29) is 4.44 Å². The van der Waals surface area contributed by atoms with E-state index in [0.29, 0.717) is 5.56 Å². The summed E-state index contributed by atoms with van der Waals surface area (Å²) in [5.74, 6) is -3.44. The van der Waals surface area contributed by atoms with Gasteiger partial charge < -0.3 is 0 Å². The Morgan fingerprint density at radius 2 is 1.17 bits per heavy atom. The number of hydrogen-bond donors (Lipinski definition) is 3. The predicted molar refractivity (Wildman–Crippen MR) is 75.4 cm³/mol. The van der Waals surface area contributed by atoms with Crippen LogP contribution < -0.4 is 0 Å². The first-order chi connectivity index (χ1) is 10.9. The van der Waals surface area contributed by atoms with Crippen molar-refractivity contribution in [3.63, 3.8) is 0 Å². The number of aliphatic hydroxyl groups excluding tert-OH is 3. The molecule has 0 aromatic heterocycles. The van der Waals surface area contributed by atoms with Crippen LogP contribution in [0.3, 0.4) is 0 Å². The molecule has 0 heterocycles. The van der Waals surface area contributed by atoms with E-state index in [1.165, 1.54) is 0 Å². The van der Waals surface area contributed by atoms with Crippen LogP contribution in [0.15, 0.2) is 30.3 Å². The third-order valence-corrected chi connectivity index (χ3v) is 9.47. The second-order valence-corrected chi connectivity index (χ2v) is 10.9. The molecule has 1 aromatic rings. The fourth-order valence-electron chi connectivity index (χ4n) is 1.63. The normalized spacial score (nSPS) is 10.7. The fourth-order valence-corrected chi connectivity index (χ4v) is 8.23. The number of hydrogen-bond acceptors (Lipinski definition) is 9. The molecule has 0 aliphatic rings. The van der Waals surface area contributed by atoms with Crippen molar-refractivity contribution in [2.75, 3.05) is 19.8 Å². The summed E-state index contributed by atoms with van der Waals surface area (Å²) in [6.45, 7) is -3.04. The quantitative estimate of drug-likeness (QED) is 0.409. The third-order valence-electron chi connectivity index (χ3n) is 2.46. The number of benzene rings is 1. The van der Waals surface area contributed by atoms with Crippen molar-refractivity contribution in [1.29, 1.82) is 0 Å². The van der Waals surface area contributed by atoms with Gasteiger partial charge in [-0.05, 0) is 0 Å². The third kappa shape index (κ3) is 6.52. The summed E-state index contributed by atoms with van der Waals surface area (Å²) in [6, 6.07) is 8.30. The summed E-state index contributed by atoms with van der Waals surface area (Å²) in [4.78, 5) is 34.3. The first-order valence-corrected chi connectivity index (χ1v) is 12.0. The van der Waals surface area contributed by atoms with Crippen LogP contribution in [0.1, 0.15) is 5.56 Å². The summed E-state index contributed by atoms with van der Waals surface area (Å²) in [5.41, 5.74) is 0.547. The molecule has 0 aliphatic heterocycles. The number of carbonyl (C=O) groups is 3. The van der Waals surface area contributed by atoms with Gasteiger partial charge in [-0.1, -0.05) is 0 Å². The van der Waals surface area contributed by atoms with E-state index in [1.807, 2.05) is 0 Å². The van der Waals surface area contributed by atoms with Crippen LogP contribution in [0.5, 0.6) is 0 Å². The van der Waals surface area contributed by atoms with Crippen LogP contribution in [-0.2, 0) is 28.0 Å². The predicted octanol–water partition coefficient (Wildman–Crippen LogP) is -1.69. The van der Waals surface area contributed by atoms with Gasteiger partial charge in [0.2, 0.25) is 0 Å². The molecule has 23 heavy (non-hydrogen) atoms. The molecule has 3 N–H and O–H groups in total. The van der Waals surface area contributed by atoms with Crippen LogP contribution in [0.4, 0.5) is 0 Å². The van der Waals surface area contributed by atoms with Crippen molar-refractivity contribution in [2.45, 2.75) is 4.44 Å². The van der Waals surface area contributed by atoms with Crippen LogP contribution in [0, 0.1) is 0 Å². The molecule has 1 rings (SSSR count). The van der Waals surface area contributed by atoms with Gasteiger partial charge in [-0.3, -0.25) is 0 Å². The zero-order valence-corrected chi connectivity index (χ0v) is 14.9. The summed E-state index contributed by atoms with van der Waals surface area (Å²) in [7, 11) is 0. The van der Waals surface area contributed by atoms with Crippen molar-refractivity contribution in [2.24, 2.45) is 0 Å². The second-order valence-electron chi connectivity index (χ2n) is 4.24. The van der Waals surface area contributed by atoms with E-state index < -0.39 is 57.3 Å². The zero-order chi connectivity index (χ0) is 17.3. The standard InChI is InChI=1S/C7H7.3C2H4O3.Sn/c1-7-5-3-2-4-6-7;3*3-1-2(4)5;/h2-6H,1H2;3*3H,1H2,(H,4,5);/q;;;;+3/p-3. The molecule has 10 heteroatoms.